The van der Waals surface area contributed by atoms with Gasteiger partial charge >= 0.3 is 5.97 Å². The Morgan fingerprint density at radius 1 is 1.54 bits per heavy atom. The van der Waals surface area contributed by atoms with Gasteiger partial charge in [-0.2, -0.15) is 0 Å². The number of carbonyl (C=O) groups is 1. The smallest absolute Gasteiger partial charge is 0.338 e. The lowest BCUT2D eigenvalue weighted by atomic mass is 10.0. The minimum Gasteiger partial charge on any atom is -0.478 e. The summed E-state index contributed by atoms with van der Waals surface area (Å²) < 4.78 is 13.1. The van der Waals surface area contributed by atoms with E-state index < -0.39 is 11.8 Å². The third-order valence-electron chi connectivity index (χ3n) is 2.04. The first-order chi connectivity index (χ1) is 6.06. The first-order valence-corrected chi connectivity index (χ1v) is 4.08. The Balaban J connectivity index is 3.28. The number of halogens is 1. The minimum absolute atomic E-state index is 0.255. The zero-order valence-corrected chi connectivity index (χ0v) is 7.60. The van der Waals surface area contributed by atoms with Gasteiger partial charge in [-0.15, -0.1) is 0 Å². The molecule has 13 heavy (non-hydrogen) atoms. The summed E-state index contributed by atoms with van der Waals surface area (Å²) in [4.78, 5) is 10.5. The second-order valence-electron chi connectivity index (χ2n) is 2.92. The number of carboxylic acids is 1. The Kier molecular flexibility index (Phi) is 2.66. The maximum atomic E-state index is 13.1. The molecule has 0 saturated carbocycles. The highest BCUT2D eigenvalue weighted by Crippen LogP contribution is 2.15. The first-order valence-electron chi connectivity index (χ1n) is 4.08. The average molecular weight is 182 g/mol. The van der Waals surface area contributed by atoms with Crippen LogP contribution in [0.2, 0.25) is 0 Å². The number of carboxylic acid groups (broad SMARTS) is 1. The zero-order chi connectivity index (χ0) is 10.0. The van der Waals surface area contributed by atoms with Crippen LogP contribution in [0.15, 0.2) is 12.1 Å². The fourth-order valence-corrected chi connectivity index (χ4v) is 1.27. The van der Waals surface area contributed by atoms with Crippen molar-refractivity contribution in [2.75, 3.05) is 0 Å². The van der Waals surface area contributed by atoms with E-state index in [0.717, 1.165) is 11.1 Å². The predicted molar refractivity (Wildman–Crippen MR) is 47.5 cm³/mol. The average Bonchev–Trinajstić information content (AvgIpc) is 2.07. The molecule has 0 unspecified atom stereocenters. The molecule has 0 amide bonds. The summed E-state index contributed by atoms with van der Waals surface area (Å²) in [6.07, 6.45) is 0.711. The van der Waals surface area contributed by atoms with E-state index in [9.17, 15) is 9.18 Å². The van der Waals surface area contributed by atoms with Gasteiger partial charge in [-0.05, 0) is 36.6 Å². The quantitative estimate of drug-likeness (QED) is 0.762. The van der Waals surface area contributed by atoms with Crippen LogP contribution < -0.4 is 0 Å². The topological polar surface area (TPSA) is 37.3 Å². The van der Waals surface area contributed by atoms with Crippen LogP contribution in [0.3, 0.4) is 0 Å². The van der Waals surface area contributed by atoms with E-state index in [-0.39, 0.29) is 5.56 Å². The van der Waals surface area contributed by atoms with Crippen LogP contribution in [0.1, 0.15) is 28.4 Å². The second kappa shape index (κ2) is 3.56. The van der Waals surface area contributed by atoms with Crippen molar-refractivity contribution in [1.29, 1.82) is 0 Å². The summed E-state index contributed by atoms with van der Waals surface area (Å²) in [5.41, 5.74) is 1.42. The van der Waals surface area contributed by atoms with E-state index in [2.05, 4.69) is 0 Å². The highest BCUT2D eigenvalue weighted by molar-refractivity contribution is 5.88. The maximum Gasteiger partial charge on any atom is 0.338 e. The van der Waals surface area contributed by atoms with Gasteiger partial charge in [0.25, 0.3) is 0 Å². The Morgan fingerprint density at radius 2 is 2.15 bits per heavy atom. The van der Waals surface area contributed by atoms with Crippen LogP contribution in [0.5, 0.6) is 0 Å². The first kappa shape index (κ1) is 9.71. The van der Waals surface area contributed by atoms with Crippen LogP contribution in [0, 0.1) is 12.7 Å². The summed E-state index contributed by atoms with van der Waals surface area (Å²) in [6.45, 7) is 3.69. The van der Waals surface area contributed by atoms with Gasteiger partial charge in [-0.25, -0.2) is 9.18 Å². The van der Waals surface area contributed by atoms with Crippen molar-refractivity contribution >= 4 is 5.97 Å². The van der Waals surface area contributed by atoms with Gasteiger partial charge in [0.2, 0.25) is 0 Å². The minimum atomic E-state index is -1.22. The van der Waals surface area contributed by atoms with Crippen molar-refractivity contribution in [3.8, 4) is 0 Å². The van der Waals surface area contributed by atoms with Crippen molar-refractivity contribution in [3.63, 3.8) is 0 Å². The molecule has 0 spiro atoms. The second-order valence-corrected chi connectivity index (χ2v) is 2.92. The van der Waals surface area contributed by atoms with E-state index in [1.165, 1.54) is 12.1 Å². The molecule has 0 aliphatic heterocycles. The van der Waals surface area contributed by atoms with E-state index in [4.69, 9.17) is 5.11 Å². The molecule has 70 valence electrons. The summed E-state index contributed by atoms with van der Waals surface area (Å²) in [5, 5.41) is 8.61. The van der Waals surface area contributed by atoms with Gasteiger partial charge in [0.1, 0.15) is 5.82 Å². The molecule has 1 aromatic rings. The van der Waals surface area contributed by atoms with Crippen molar-refractivity contribution in [1.82, 2.24) is 0 Å². The van der Waals surface area contributed by atoms with Crippen molar-refractivity contribution in [2.45, 2.75) is 20.3 Å². The number of benzene rings is 1. The van der Waals surface area contributed by atoms with Crippen LogP contribution in [0.4, 0.5) is 4.39 Å². The normalized spacial score (nSPS) is 10.1. The highest BCUT2D eigenvalue weighted by atomic mass is 19.1. The highest BCUT2D eigenvalue weighted by Gasteiger charge is 2.11. The van der Waals surface area contributed by atoms with E-state index >= 15 is 0 Å². The molecule has 2 nitrogen and oxygen atoms in total. The van der Waals surface area contributed by atoms with Gasteiger partial charge in [0.15, 0.2) is 0 Å². The number of aryl methyl sites for hydroxylation is 2. The Hall–Kier alpha value is -1.38. The molecule has 0 saturated heterocycles. The molecule has 1 rings (SSSR count). The van der Waals surface area contributed by atoms with Gasteiger partial charge in [-0.1, -0.05) is 6.92 Å². The Morgan fingerprint density at radius 3 is 2.62 bits per heavy atom. The number of hydrogen-bond donors (Lipinski definition) is 1. The molecule has 0 heterocycles. The summed E-state index contributed by atoms with van der Waals surface area (Å²) in [6, 6.07) is 2.66. The van der Waals surface area contributed by atoms with E-state index in [1.807, 2.05) is 6.92 Å². The number of rotatable bonds is 2. The Labute approximate surface area is 76.0 Å². The van der Waals surface area contributed by atoms with Crippen molar-refractivity contribution in [2.24, 2.45) is 0 Å². The number of hydrogen-bond acceptors (Lipinski definition) is 1. The van der Waals surface area contributed by atoms with Crippen molar-refractivity contribution in [3.05, 3.63) is 34.6 Å². The molecule has 1 aromatic carbocycles. The zero-order valence-electron chi connectivity index (χ0n) is 7.60. The summed E-state index contributed by atoms with van der Waals surface area (Å²) in [7, 11) is 0. The van der Waals surface area contributed by atoms with Gasteiger partial charge < -0.3 is 5.11 Å². The fraction of sp³-hybridized carbons (Fsp3) is 0.300. The predicted octanol–water partition coefficient (Wildman–Crippen LogP) is 2.39. The maximum absolute atomic E-state index is 13.1. The molecule has 0 aliphatic rings. The molecule has 0 fully saturated rings. The van der Waals surface area contributed by atoms with Crippen molar-refractivity contribution < 1.29 is 14.3 Å². The third-order valence-corrected chi connectivity index (χ3v) is 2.04. The molecule has 3 heteroatoms. The lowest BCUT2D eigenvalue weighted by Crippen LogP contribution is -2.02. The molecular formula is C10H11FO2. The monoisotopic (exact) mass is 182 g/mol. The summed E-state index contributed by atoms with van der Waals surface area (Å²) >= 11 is 0. The van der Waals surface area contributed by atoms with Crippen LogP contribution in [-0.4, -0.2) is 11.1 Å². The summed E-state index contributed by atoms with van der Waals surface area (Å²) in [5.74, 6) is -1.88. The fourth-order valence-electron chi connectivity index (χ4n) is 1.27. The molecule has 1 N–H and O–H groups in total. The third kappa shape index (κ3) is 1.86. The van der Waals surface area contributed by atoms with Crippen LogP contribution in [0.25, 0.3) is 0 Å². The SMILES string of the molecule is CCc1cc(F)c(C(=O)O)cc1C. The lowest BCUT2D eigenvalue weighted by molar-refractivity contribution is 0.0692. The number of aromatic carboxylic acids is 1. The molecule has 0 aromatic heterocycles. The van der Waals surface area contributed by atoms with E-state index in [0.29, 0.717) is 6.42 Å². The molecule has 0 bridgehead atoms. The van der Waals surface area contributed by atoms with Gasteiger partial charge in [-0.3, -0.25) is 0 Å². The van der Waals surface area contributed by atoms with E-state index in [1.54, 1.807) is 6.92 Å². The largest absolute Gasteiger partial charge is 0.478 e. The molecule has 0 aliphatic carbocycles. The molecule has 0 atom stereocenters. The van der Waals surface area contributed by atoms with Crippen LogP contribution >= 0.6 is 0 Å². The van der Waals surface area contributed by atoms with Crippen LogP contribution in [-0.2, 0) is 6.42 Å². The Bertz CT molecular complexity index is 345. The molecule has 0 radical (unpaired) electrons. The van der Waals surface area contributed by atoms with Gasteiger partial charge in [0.05, 0.1) is 5.56 Å². The van der Waals surface area contributed by atoms with Gasteiger partial charge in [0, 0.05) is 0 Å². The lowest BCUT2D eigenvalue weighted by Gasteiger charge is -2.05. The standard InChI is InChI=1S/C10H11FO2/c1-3-7-5-9(11)8(10(12)13)4-6(7)2/h4-5H,3H2,1-2H3,(H,12,13). The molecular weight excluding hydrogens is 171 g/mol.